The Kier molecular flexibility index (Phi) is 7.13. The minimum Gasteiger partial charge on any atom is -0.378 e. The van der Waals surface area contributed by atoms with Crippen LogP contribution < -0.4 is 5.32 Å². The fourth-order valence-electron chi connectivity index (χ4n) is 3.34. The Hall–Kier alpha value is -2.28. The molecule has 1 fully saturated rings. The van der Waals surface area contributed by atoms with Gasteiger partial charge in [0, 0.05) is 19.6 Å². The molecule has 2 aromatic rings. The van der Waals surface area contributed by atoms with Crippen LogP contribution in [-0.2, 0) is 16.0 Å². The first-order valence-corrected chi connectivity index (χ1v) is 9.48. The maximum absolute atomic E-state index is 12.6. The number of hydrogen-bond donors (Lipinski definition) is 1. The monoisotopic (exact) mass is 357 g/mol. The molecule has 0 saturated heterocycles. The molecule has 140 valence electrons. The van der Waals surface area contributed by atoms with Gasteiger partial charge in [0.1, 0.15) is 12.4 Å². The van der Waals surface area contributed by atoms with Gasteiger partial charge in [0.05, 0.1) is 6.10 Å². The van der Waals surface area contributed by atoms with Crippen molar-refractivity contribution in [2.75, 3.05) is 13.2 Å². The fourth-order valence-corrected chi connectivity index (χ4v) is 3.34. The van der Waals surface area contributed by atoms with Crippen LogP contribution in [0.4, 0.5) is 0 Å². The summed E-state index contributed by atoms with van der Waals surface area (Å²) < 4.78 is 7.42. The maximum Gasteiger partial charge on any atom is 0.245 e. The molecular formula is C19H27N5O2. The third kappa shape index (κ3) is 5.62. The quantitative estimate of drug-likeness (QED) is 0.697. The lowest BCUT2D eigenvalue weighted by molar-refractivity contribution is -0.124. The van der Waals surface area contributed by atoms with E-state index < -0.39 is 6.04 Å². The van der Waals surface area contributed by atoms with Crippen LogP contribution in [0.5, 0.6) is 0 Å². The van der Waals surface area contributed by atoms with Crippen LogP contribution in [0, 0.1) is 0 Å². The predicted octanol–water partition coefficient (Wildman–Crippen LogP) is 2.31. The van der Waals surface area contributed by atoms with Crippen molar-refractivity contribution >= 4 is 5.91 Å². The molecule has 7 nitrogen and oxygen atoms in total. The zero-order chi connectivity index (χ0) is 18.0. The van der Waals surface area contributed by atoms with E-state index in [0.29, 0.717) is 25.7 Å². The van der Waals surface area contributed by atoms with Gasteiger partial charge in [0.25, 0.3) is 0 Å². The van der Waals surface area contributed by atoms with Crippen molar-refractivity contribution in [3.63, 3.8) is 0 Å². The molecular weight excluding hydrogens is 330 g/mol. The summed E-state index contributed by atoms with van der Waals surface area (Å²) in [4.78, 5) is 12.6. The lowest BCUT2D eigenvalue weighted by atomic mass is 9.98. The molecule has 1 unspecified atom stereocenters. The van der Waals surface area contributed by atoms with Gasteiger partial charge in [-0.1, -0.05) is 49.6 Å². The zero-order valence-electron chi connectivity index (χ0n) is 15.1. The number of nitrogens with one attached hydrogen (secondary N) is 1. The Labute approximate surface area is 154 Å². The molecule has 1 aliphatic rings. The van der Waals surface area contributed by atoms with Gasteiger partial charge in [0.15, 0.2) is 0 Å². The van der Waals surface area contributed by atoms with Crippen LogP contribution >= 0.6 is 0 Å². The Morgan fingerprint density at radius 3 is 2.77 bits per heavy atom. The van der Waals surface area contributed by atoms with E-state index in [2.05, 4.69) is 20.8 Å². The molecule has 0 radical (unpaired) electrons. The Morgan fingerprint density at radius 2 is 2.04 bits per heavy atom. The number of nitrogens with zero attached hydrogens (tertiary/aromatic N) is 4. The summed E-state index contributed by atoms with van der Waals surface area (Å²) in [6, 6.07) is 9.44. The number of tetrazole rings is 1. The van der Waals surface area contributed by atoms with Gasteiger partial charge in [-0.25, -0.2) is 4.68 Å². The van der Waals surface area contributed by atoms with E-state index >= 15 is 0 Å². The van der Waals surface area contributed by atoms with Crippen LogP contribution in [0.25, 0.3) is 0 Å². The molecule has 1 saturated carbocycles. The molecule has 1 N–H and O–H groups in total. The SMILES string of the molecule is O=C(NCCCOC1CCCCC1)C(Cc1ccccc1)n1cnnn1. The average Bonchev–Trinajstić information content (AvgIpc) is 3.22. The van der Waals surface area contributed by atoms with Crippen molar-refractivity contribution in [2.24, 2.45) is 0 Å². The lowest BCUT2D eigenvalue weighted by Gasteiger charge is -2.22. The Morgan fingerprint density at radius 1 is 1.23 bits per heavy atom. The Balaban J connectivity index is 1.45. The van der Waals surface area contributed by atoms with Crippen molar-refractivity contribution in [3.05, 3.63) is 42.2 Å². The summed E-state index contributed by atoms with van der Waals surface area (Å²) in [6.07, 6.45) is 9.48. The first-order chi connectivity index (χ1) is 12.8. The van der Waals surface area contributed by atoms with E-state index in [0.717, 1.165) is 12.0 Å². The molecule has 7 heteroatoms. The van der Waals surface area contributed by atoms with Gasteiger partial charge in [-0.2, -0.15) is 0 Å². The molecule has 1 heterocycles. The van der Waals surface area contributed by atoms with E-state index in [1.54, 1.807) is 0 Å². The molecule has 0 spiro atoms. The number of carbonyl (C=O) groups is 1. The number of rotatable bonds is 9. The third-order valence-corrected chi connectivity index (χ3v) is 4.78. The highest BCUT2D eigenvalue weighted by atomic mass is 16.5. The van der Waals surface area contributed by atoms with Crippen molar-refractivity contribution in [1.29, 1.82) is 0 Å². The summed E-state index contributed by atoms with van der Waals surface area (Å²) in [6.45, 7) is 1.29. The molecule has 1 aromatic heterocycles. The van der Waals surface area contributed by atoms with Gasteiger partial charge in [0.2, 0.25) is 5.91 Å². The third-order valence-electron chi connectivity index (χ3n) is 4.78. The Bertz CT molecular complexity index is 641. The second-order valence-corrected chi connectivity index (χ2v) is 6.77. The number of carbonyl (C=O) groups excluding carboxylic acids is 1. The van der Waals surface area contributed by atoms with Gasteiger partial charge >= 0.3 is 0 Å². The van der Waals surface area contributed by atoms with E-state index in [9.17, 15) is 4.79 Å². The molecule has 1 aliphatic carbocycles. The van der Waals surface area contributed by atoms with Crippen molar-refractivity contribution in [2.45, 2.75) is 57.1 Å². The first-order valence-electron chi connectivity index (χ1n) is 9.48. The number of benzene rings is 1. The van der Waals surface area contributed by atoms with Crippen LogP contribution in [0.1, 0.15) is 50.1 Å². The van der Waals surface area contributed by atoms with Crippen molar-refractivity contribution in [3.8, 4) is 0 Å². The van der Waals surface area contributed by atoms with Crippen LogP contribution in [0.2, 0.25) is 0 Å². The number of ether oxygens (including phenoxy) is 1. The molecule has 3 rings (SSSR count). The van der Waals surface area contributed by atoms with E-state index in [1.165, 1.54) is 43.1 Å². The molecule has 1 aromatic carbocycles. The highest BCUT2D eigenvalue weighted by molar-refractivity contribution is 5.80. The molecule has 1 amide bonds. The van der Waals surface area contributed by atoms with Gasteiger partial charge in [-0.05, 0) is 35.3 Å². The maximum atomic E-state index is 12.6. The van der Waals surface area contributed by atoms with Crippen LogP contribution in [-0.4, -0.2) is 45.4 Å². The minimum atomic E-state index is -0.452. The topological polar surface area (TPSA) is 81.9 Å². The highest BCUT2D eigenvalue weighted by Gasteiger charge is 2.22. The summed E-state index contributed by atoms with van der Waals surface area (Å²) >= 11 is 0. The van der Waals surface area contributed by atoms with Gasteiger partial charge in [-0.15, -0.1) is 5.10 Å². The molecule has 0 bridgehead atoms. The van der Waals surface area contributed by atoms with Crippen molar-refractivity contribution < 1.29 is 9.53 Å². The predicted molar refractivity (Wildman–Crippen MR) is 97.5 cm³/mol. The summed E-state index contributed by atoms with van der Waals surface area (Å²) in [7, 11) is 0. The highest BCUT2D eigenvalue weighted by Crippen LogP contribution is 2.20. The van der Waals surface area contributed by atoms with E-state index in [1.807, 2.05) is 30.3 Å². The molecule has 1 atom stereocenters. The first kappa shape index (κ1) is 18.5. The lowest BCUT2D eigenvalue weighted by Crippen LogP contribution is -2.35. The summed E-state index contributed by atoms with van der Waals surface area (Å²) in [5.41, 5.74) is 1.07. The summed E-state index contributed by atoms with van der Waals surface area (Å²) in [5, 5.41) is 14.2. The van der Waals surface area contributed by atoms with E-state index in [4.69, 9.17) is 4.74 Å². The van der Waals surface area contributed by atoms with Gasteiger partial charge < -0.3 is 10.1 Å². The minimum absolute atomic E-state index is 0.0705. The average molecular weight is 357 g/mol. The van der Waals surface area contributed by atoms with Gasteiger partial charge in [-0.3, -0.25) is 4.79 Å². The summed E-state index contributed by atoms with van der Waals surface area (Å²) in [5.74, 6) is -0.0705. The smallest absolute Gasteiger partial charge is 0.245 e. The second-order valence-electron chi connectivity index (χ2n) is 6.77. The van der Waals surface area contributed by atoms with E-state index in [-0.39, 0.29) is 5.91 Å². The number of aromatic nitrogens is 4. The number of amides is 1. The zero-order valence-corrected chi connectivity index (χ0v) is 15.1. The fraction of sp³-hybridized carbons (Fsp3) is 0.579. The molecule has 26 heavy (non-hydrogen) atoms. The van der Waals surface area contributed by atoms with Crippen LogP contribution in [0.15, 0.2) is 36.7 Å². The molecule has 0 aliphatic heterocycles. The largest absolute Gasteiger partial charge is 0.378 e. The second kappa shape index (κ2) is 10.0. The van der Waals surface area contributed by atoms with Crippen molar-refractivity contribution in [1.82, 2.24) is 25.5 Å². The van der Waals surface area contributed by atoms with Crippen LogP contribution in [0.3, 0.4) is 0 Å². The standard InChI is InChI=1S/C19H27N5O2/c25-19(20-12-7-13-26-17-10-5-2-6-11-17)18(24-15-21-22-23-24)14-16-8-3-1-4-9-16/h1,3-4,8-9,15,17-18H,2,5-7,10-14H2,(H,20,25). The normalized spacial score (nSPS) is 16.3. The number of hydrogen-bond acceptors (Lipinski definition) is 5.